The van der Waals surface area contributed by atoms with E-state index >= 15 is 0 Å². The molecule has 1 amide bonds. The van der Waals surface area contributed by atoms with E-state index in [0.29, 0.717) is 0 Å². The van der Waals surface area contributed by atoms with E-state index < -0.39 is 0 Å². The van der Waals surface area contributed by atoms with Crippen molar-refractivity contribution in [2.45, 2.75) is 19.3 Å². The normalized spacial score (nSPS) is 17.2. The lowest BCUT2D eigenvalue weighted by Gasteiger charge is -2.23. The van der Waals surface area contributed by atoms with Crippen molar-refractivity contribution in [3.63, 3.8) is 0 Å². The maximum absolute atomic E-state index is 12.7. The molecule has 0 saturated carbocycles. The molecule has 2 aliphatic rings. The molecule has 2 aromatic rings. The number of anilines is 2. The highest BCUT2D eigenvalue weighted by Gasteiger charge is 2.18. The second kappa shape index (κ2) is 8.30. The summed E-state index contributed by atoms with van der Waals surface area (Å²) in [5.74, 6) is 0.951. The summed E-state index contributed by atoms with van der Waals surface area (Å²) in [5.41, 5.74) is 4.37. The van der Waals surface area contributed by atoms with Crippen LogP contribution in [0.3, 0.4) is 0 Å². The van der Waals surface area contributed by atoms with Crippen molar-refractivity contribution >= 4 is 23.5 Å². The standard InChI is InChI=1S/C23H26N4O/c1-18-8-10-20-16-19(17-24-23(20)25-18)9-11-22(28)27-13-5-12-26(14-15-27)21-6-3-2-4-7-21/h2-4,6-7,9,11,16-17H,1,5,8,10,12-15H2,(H,24,25)/b11-9+. The Kier molecular flexibility index (Phi) is 5.42. The van der Waals surface area contributed by atoms with Crippen LogP contribution in [0.5, 0.6) is 0 Å². The average Bonchev–Trinajstić information content (AvgIpc) is 2.99. The Morgan fingerprint density at radius 3 is 2.82 bits per heavy atom. The van der Waals surface area contributed by atoms with Crippen LogP contribution in [0.15, 0.2) is 60.9 Å². The molecule has 0 atom stereocenters. The van der Waals surface area contributed by atoms with Crippen LogP contribution in [-0.2, 0) is 11.2 Å². The van der Waals surface area contributed by atoms with E-state index in [4.69, 9.17) is 0 Å². The van der Waals surface area contributed by atoms with Gasteiger partial charge in [0.2, 0.25) is 5.91 Å². The van der Waals surface area contributed by atoms with Gasteiger partial charge in [-0.2, -0.15) is 0 Å². The summed E-state index contributed by atoms with van der Waals surface area (Å²) in [5, 5.41) is 3.22. The van der Waals surface area contributed by atoms with Gasteiger partial charge in [0.15, 0.2) is 0 Å². The highest BCUT2D eigenvalue weighted by atomic mass is 16.2. The van der Waals surface area contributed by atoms with Crippen LogP contribution in [0.25, 0.3) is 6.08 Å². The topological polar surface area (TPSA) is 48.5 Å². The van der Waals surface area contributed by atoms with E-state index in [1.54, 1.807) is 12.3 Å². The minimum atomic E-state index is 0.0686. The number of hydrogen-bond acceptors (Lipinski definition) is 4. The van der Waals surface area contributed by atoms with Crippen molar-refractivity contribution < 1.29 is 4.79 Å². The molecule has 1 saturated heterocycles. The second-order valence-electron chi connectivity index (χ2n) is 7.34. The summed E-state index contributed by atoms with van der Waals surface area (Å²) in [7, 11) is 0. The lowest BCUT2D eigenvalue weighted by molar-refractivity contribution is -0.125. The maximum atomic E-state index is 12.7. The van der Waals surface area contributed by atoms with Gasteiger partial charge in [-0.3, -0.25) is 4.79 Å². The highest BCUT2D eigenvalue weighted by Crippen LogP contribution is 2.24. The van der Waals surface area contributed by atoms with Crippen LogP contribution in [0.2, 0.25) is 0 Å². The summed E-state index contributed by atoms with van der Waals surface area (Å²) in [6.07, 6.45) is 8.19. The summed E-state index contributed by atoms with van der Waals surface area (Å²) in [6, 6.07) is 12.5. The Morgan fingerprint density at radius 1 is 1.11 bits per heavy atom. The molecule has 3 heterocycles. The molecule has 0 unspecified atom stereocenters. The SMILES string of the molecule is C=C1CCc2cc(/C=C/C(=O)N3CCCN(c4ccccc4)CC3)cnc2N1. The van der Waals surface area contributed by atoms with E-state index in [9.17, 15) is 4.79 Å². The van der Waals surface area contributed by atoms with Gasteiger partial charge in [-0.15, -0.1) is 0 Å². The van der Waals surface area contributed by atoms with Gasteiger partial charge < -0.3 is 15.1 Å². The number of hydrogen-bond donors (Lipinski definition) is 1. The van der Waals surface area contributed by atoms with Gasteiger partial charge in [0, 0.05) is 49.8 Å². The summed E-state index contributed by atoms with van der Waals surface area (Å²) >= 11 is 0. The first-order valence-corrected chi connectivity index (χ1v) is 9.90. The molecule has 1 aromatic heterocycles. The lowest BCUT2D eigenvalue weighted by atomic mass is 10.0. The molecule has 1 fully saturated rings. The fourth-order valence-corrected chi connectivity index (χ4v) is 3.75. The van der Waals surface area contributed by atoms with Crippen molar-refractivity contribution in [3.8, 4) is 0 Å². The number of nitrogens with one attached hydrogen (secondary N) is 1. The number of amides is 1. The van der Waals surface area contributed by atoms with Crippen molar-refractivity contribution in [1.82, 2.24) is 9.88 Å². The zero-order valence-corrected chi connectivity index (χ0v) is 16.1. The Labute approximate surface area is 166 Å². The first-order valence-electron chi connectivity index (χ1n) is 9.90. The fourth-order valence-electron chi connectivity index (χ4n) is 3.75. The Morgan fingerprint density at radius 2 is 1.96 bits per heavy atom. The largest absolute Gasteiger partial charge is 0.370 e. The van der Waals surface area contributed by atoms with E-state index in [1.807, 2.05) is 17.0 Å². The zero-order valence-electron chi connectivity index (χ0n) is 16.1. The molecule has 2 aliphatic heterocycles. The van der Waals surface area contributed by atoms with Crippen molar-refractivity contribution in [1.29, 1.82) is 0 Å². The molecule has 144 valence electrons. The first kappa shape index (κ1) is 18.3. The number of allylic oxidation sites excluding steroid dienone is 1. The number of rotatable bonds is 3. The van der Waals surface area contributed by atoms with Crippen molar-refractivity contribution in [2.24, 2.45) is 0 Å². The molecular weight excluding hydrogens is 348 g/mol. The highest BCUT2D eigenvalue weighted by molar-refractivity contribution is 5.91. The Bertz CT molecular complexity index is 891. The molecule has 1 N–H and O–H groups in total. The third kappa shape index (κ3) is 4.25. The molecule has 4 rings (SSSR count). The lowest BCUT2D eigenvalue weighted by Crippen LogP contribution is -2.34. The van der Waals surface area contributed by atoms with Gasteiger partial charge in [0.05, 0.1) is 0 Å². The number of aryl methyl sites for hydroxylation is 1. The van der Waals surface area contributed by atoms with Gasteiger partial charge in [0.25, 0.3) is 0 Å². The number of carbonyl (C=O) groups excluding carboxylic acids is 1. The number of nitrogens with zero attached hydrogens (tertiary/aromatic N) is 3. The first-order chi connectivity index (χ1) is 13.7. The zero-order chi connectivity index (χ0) is 19.3. The van der Waals surface area contributed by atoms with E-state index in [-0.39, 0.29) is 5.91 Å². The summed E-state index contributed by atoms with van der Waals surface area (Å²) < 4.78 is 0. The number of pyridine rings is 1. The van der Waals surface area contributed by atoms with Crippen LogP contribution in [0.1, 0.15) is 24.0 Å². The van der Waals surface area contributed by atoms with Crippen molar-refractivity contribution in [2.75, 3.05) is 36.4 Å². The van der Waals surface area contributed by atoms with Crippen LogP contribution in [0, 0.1) is 0 Å². The molecule has 0 radical (unpaired) electrons. The third-order valence-corrected chi connectivity index (χ3v) is 5.33. The minimum absolute atomic E-state index is 0.0686. The summed E-state index contributed by atoms with van der Waals surface area (Å²) in [6.45, 7) is 7.33. The Balaban J connectivity index is 1.38. The minimum Gasteiger partial charge on any atom is -0.370 e. The van der Waals surface area contributed by atoms with Gasteiger partial charge in [0.1, 0.15) is 5.82 Å². The van der Waals surface area contributed by atoms with Crippen LogP contribution in [-0.4, -0.2) is 42.0 Å². The molecule has 1 aromatic carbocycles. The van der Waals surface area contributed by atoms with Gasteiger partial charge in [-0.05, 0) is 54.7 Å². The molecule has 0 bridgehead atoms. The Hall–Kier alpha value is -3.08. The van der Waals surface area contributed by atoms with E-state index in [0.717, 1.165) is 62.5 Å². The predicted octanol–water partition coefficient (Wildman–Crippen LogP) is 3.71. The van der Waals surface area contributed by atoms with Gasteiger partial charge in [-0.25, -0.2) is 4.98 Å². The van der Waals surface area contributed by atoms with Gasteiger partial charge >= 0.3 is 0 Å². The fraction of sp³-hybridized carbons (Fsp3) is 0.304. The quantitative estimate of drug-likeness (QED) is 0.832. The molecular formula is C23H26N4O. The number of fused-ring (bicyclic) bond motifs is 1. The average molecular weight is 374 g/mol. The van der Waals surface area contributed by atoms with Crippen LogP contribution in [0.4, 0.5) is 11.5 Å². The number of para-hydroxylation sites is 1. The monoisotopic (exact) mass is 374 g/mol. The number of aromatic nitrogens is 1. The third-order valence-electron chi connectivity index (χ3n) is 5.33. The molecule has 0 aliphatic carbocycles. The van der Waals surface area contributed by atoms with Gasteiger partial charge in [-0.1, -0.05) is 24.8 Å². The maximum Gasteiger partial charge on any atom is 0.246 e. The van der Waals surface area contributed by atoms with E-state index in [2.05, 4.69) is 52.1 Å². The number of carbonyl (C=O) groups is 1. The van der Waals surface area contributed by atoms with Crippen LogP contribution >= 0.6 is 0 Å². The molecule has 0 spiro atoms. The van der Waals surface area contributed by atoms with E-state index in [1.165, 1.54) is 11.3 Å². The van der Waals surface area contributed by atoms with Crippen molar-refractivity contribution in [3.05, 3.63) is 72.1 Å². The van der Waals surface area contributed by atoms with Crippen LogP contribution < -0.4 is 10.2 Å². The molecule has 5 nitrogen and oxygen atoms in total. The molecule has 28 heavy (non-hydrogen) atoms. The summed E-state index contributed by atoms with van der Waals surface area (Å²) in [4.78, 5) is 21.4. The smallest absolute Gasteiger partial charge is 0.246 e. The predicted molar refractivity (Wildman–Crippen MR) is 114 cm³/mol. The second-order valence-corrected chi connectivity index (χ2v) is 7.34. The number of benzene rings is 1. The molecule has 5 heteroatoms.